The number of rotatable bonds is 6. The Kier molecular flexibility index (Phi) is 6.36. The molecule has 2 N–H and O–H groups in total. The molecule has 6 heteroatoms. The van der Waals surface area contributed by atoms with Gasteiger partial charge in [-0.1, -0.05) is 36.4 Å². The van der Waals surface area contributed by atoms with Crippen molar-refractivity contribution in [3.05, 3.63) is 113 Å². The Balaban J connectivity index is 1.51. The molecule has 0 aliphatic heterocycles. The zero-order valence-electron chi connectivity index (χ0n) is 18.9. The monoisotopic (exact) mass is 438 g/mol. The molecule has 2 amide bonds. The summed E-state index contributed by atoms with van der Waals surface area (Å²) in [6, 6.07) is 24.0. The molecule has 0 saturated heterocycles. The number of benzene rings is 3. The molecule has 0 bridgehead atoms. The number of nitrogens with one attached hydrogen (secondary N) is 2. The van der Waals surface area contributed by atoms with E-state index in [0.717, 1.165) is 22.5 Å². The normalized spacial score (nSPS) is 10.6. The van der Waals surface area contributed by atoms with Gasteiger partial charge in [-0.2, -0.15) is 5.10 Å². The summed E-state index contributed by atoms with van der Waals surface area (Å²) in [5, 5.41) is 10.3. The summed E-state index contributed by atoms with van der Waals surface area (Å²) in [4.78, 5) is 25.9. The Labute approximate surface area is 193 Å². The van der Waals surface area contributed by atoms with Gasteiger partial charge >= 0.3 is 0 Å². The topological polar surface area (TPSA) is 76.0 Å². The average Bonchev–Trinajstić information content (AvgIpc) is 3.10. The third-order valence-electron chi connectivity index (χ3n) is 5.32. The smallest absolute Gasteiger partial charge is 0.257 e. The van der Waals surface area contributed by atoms with Gasteiger partial charge in [-0.25, -0.2) is 0 Å². The summed E-state index contributed by atoms with van der Waals surface area (Å²) in [5.41, 5.74) is 6.12. The van der Waals surface area contributed by atoms with Gasteiger partial charge in [-0.05, 0) is 74.4 Å². The second kappa shape index (κ2) is 9.53. The van der Waals surface area contributed by atoms with Crippen LogP contribution in [0.25, 0.3) is 0 Å². The van der Waals surface area contributed by atoms with Crippen LogP contribution in [0.3, 0.4) is 0 Å². The first-order chi connectivity index (χ1) is 15.9. The van der Waals surface area contributed by atoms with E-state index in [2.05, 4.69) is 15.7 Å². The minimum absolute atomic E-state index is 0.277. The molecule has 4 aromatic rings. The van der Waals surface area contributed by atoms with E-state index in [-0.39, 0.29) is 11.8 Å². The maximum Gasteiger partial charge on any atom is 0.257 e. The number of amides is 2. The standard InChI is InChI=1S/C27H26N4O2/c1-18-8-6-11-23(14-18)28-27(33)24-12-4-5-13-25(24)29-26(32)22-10-7-9-21(16-22)17-31-20(3)15-19(2)30-31/h4-16H,17H2,1-3H3,(H,28,33)(H,29,32). The van der Waals surface area contributed by atoms with Crippen LogP contribution in [0.4, 0.5) is 11.4 Å². The van der Waals surface area contributed by atoms with Crippen LogP contribution >= 0.6 is 0 Å². The molecule has 0 fully saturated rings. The van der Waals surface area contributed by atoms with Crippen LogP contribution in [0.2, 0.25) is 0 Å². The van der Waals surface area contributed by atoms with Crippen molar-refractivity contribution < 1.29 is 9.59 Å². The van der Waals surface area contributed by atoms with E-state index in [1.807, 2.05) is 74.0 Å². The first-order valence-corrected chi connectivity index (χ1v) is 10.8. The highest BCUT2D eigenvalue weighted by Gasteiger charge is 2.15. The van der Waals surface area contributed by atoms with E-state index in [9.17, 15) is 9.59 Å². The lowest BCUT2D eigenvalue weighted by atomic mass is 10.1. The Morgan fingerprint density at radius 1 is 0.818 bits per heavy atom. The van der Waals surface area contributed by atoms with E-state index < -0.39 is 0 Å². The van der Waals surface area contributed by atoms with Gasteiger partial charge in [0.25, 0.3) is 11.8 Å². The second-order valence-corrected chi connectivity index (χ2v) is 8.11. The summed E-state index contributed by atoms with van der Waals surface area (Å²) in [7, 11) is 0. The fourth-order valence-corrected chi connectivity index (χ4v) is 3.72. The van der Waals surface area contributed by atoms with Crippen LogP contribution in [0, 0.1) is 20.8 Å². The first-order valence-electron chi connectivity index (χ1n) is 10.8. The zero-order valence-corrected chi connectivity index (χ0v) is 18.9. The van der Waals surface area contributed by atoms with E-state index in [0.29, 0.717) is 29.0 Å². The van der Waals surface area contributed by atoms with Crippen molar-refractivity contribution in [1.29, 1.82) is 0 Å². The van der Waals surface area contributed by atoms with Crippen molar-refractivity contribution in [3.63, 3.8) is 0 Å². The number of hydrogen-bond acceptors (Lipinski definition) is 3. The summed E-state index contributed by atoms with van der Waals surface area (Å²) < 4.78 is 1.91. The second-order valence-electron chi connectivity index (χ2n) is 8.11. The predicted octanol–water partition coefficient (Wildman–Crippen LogP) is 5.36. The van der Waals surface area contributed by atoms with Crippen molar-refractivity contribution in [2.24, 2.45) is 0 Å². The Hall–Kier alpha value is -4.19. The number of para-hydroxylation sites is 1. The number of anilines is 2. The molecule has 0 aliphatic rings. The van der Waals surface area contributed by atoms with Crippen molar-refractivity contribution in [1.82, 2.24) is 9.78 Å². The number of aromatic nitrogens is 2. The highest BCUT2D eigenvalue weighted by molar-refractivity contribution is 6.12. The lowest BCUT2D eigenvalue weighted by Crippen LogP contribution is -2.18. The van der Waals surface area contributed by atoms with E-state index >= 15 is 0 Å². The molecule has 0 radical (unpaired) electrons. The van der Waals surface area contributed by atoms with Crippen LogP contribution in [-0.4, -0.2) is 21.6 Å². The molecule has 0 unspecified atom stereocenters. The molecule has 0 atom stereocenters. The van der Waals surface area contributed by atoms with Gasteiger partial charge < -0.3 is 10.6 Å². The highest BCUT2D eigenvalue weighted by Crippen LogP contribution is 2.19. The van der Waals surface area contributed by atoms with Gasteiger partial charge in [0, 0.05) is 16.9 Å². The Bertz CT molecular complexity index is 1320. The molecule has 33 heavy (non-hydrogen) atoms. The average molecular weight is 439 g/mol. The van der Waals surface area contributed by atoms with Crippen molar-refractivity contribution >= 4 is 23.2 Å². The van der Waals surface area contributed by atoms with Gasteiger partial charge in [-0.3, -0.25) is 14.3 Å². The van der Waals surface area contributed by atoms with Gasteiger partial charge in [-0.15, -0.1) is 0 Å². The maximum absolute atomic E-state index is 13.0. The molecular weight excluding hydrogens is 412 g/mol. The molecule has 166 valence electrons. The van der Waals surface area contributed by atoms with E-state index in [4.69, 9.17) is 0 Å². The molecule has 0 spiro atoms. The maximum atomic E-state index is 13.0. The molecule has 1 aromatic heterocycles. The van der Waals surface area contributed by atoms with Crippen LogP contribution in [0.1, 0.15) is 43.2 Å². The van der Waals surface area contributed by atoms with Crippen LogP contribution in [-0.2, 0) is 6.54 Å². The molecule has 0 saturated carbocycles. The molecule has 1 heterocycles. The number of carbonyl (C=O) groups is 2. The number of carbonyl (C=O) groups excluding carboxylic acids is 2. The Morgan fingerprint density at radius 2 is 1.61 bits per heavy atom. The Morgan fingerprint density at radius 3 is 2.36 bits per heavy atom. The van der Waals surface area contributed by atoms with Crippen LogP contribution in [0.5, 0.6) is 0 Å². The quantitative estimate of drug-likeness (QED) is 0.425. The molecular formula is C27H26N4O2. The minimum Gasteiger partial charge on any atom is -0.322 e. The predicted molar refractivity (Wildman–Crippen MR) is 131 cm³/mol. The lowest BCUT2D eigenvalue weighted by Gasteiger charge is -2.12. The van der Waals surface area contributed by atoms with Crippen LogP contribution in [0.15, 0.2) is 78.9 Å². The van der Waals surface area contributed by atoms with Gasteiger partial charge in [0.15, 0.2) is 0 Å². The zero-order chi connectivity index (χ0) is 23.4. The number of aryl methyl sites for hydroxylation is 3. The fraction of sp³-hybridized carbons (Fsp3) is 0.148. The van der Waals surface area contributed by atoms with Crippen molar-refractivity contribution in [3.8, 4) is 0 Å². The summed E-state index contributed by atoms with van der Waals surface area (Å²) >= 11 is 0. The largest absolute Gasteiger partial charge is 0.322 e. The summed E-state index contributed by atoms with van der Waals surface area (Å²) in [5.74, 6) is -0.559. The van der Waals surface area contributed by atoms with Gasteiger partial charge in [0.1, 0.15) is 0 Å². The fourth-order valence-electron chi connectivity index (χ4n) is 3.72. The van der Waals surface area contributed by atoms with Gasteiger partial charge in [0.2, 0.25) is 0 Å². The third-order valence-corrected chi connectivity index (χ3v) is 5.32. The molecule has 4 rings (SSSR count). The van der Waals surface area contributed by atoms with Crippen LogP contribution < -0.4 is 10.6 Å². The lowest BCUT2D eigenvalue weighted by molar-refractivity contribution is 0.102. The summed E-state index contributed by atoms with van der Waals surface area (Å²) in [6.07, 6.45) is 0. The van der Waals surface area contributed by atoms with Gasteiger partial charge in [0.05, 0.1) is 23.5 Å². The molecule has 0 aliphatic carbocycles. The van der Waals surface area contributed by atoms with Crippen molar-refractivity contribution in [2.45, 2.75) is 27.3 Å². The number of nitrogens with zero attached hydrogens (tertiary/aromatic N) is 2. The minimum atomic E-state index is -0.283. The van der Waals surface area contributed by atoms with E-state index in [1.54, 1.807) is 30.3 Å². The first kappa shape index (κ1) is 22.0. The summed E-state index contributed by atoms with van der Waals surface area (Å²) in [6.45, 7) is 6.51. The van der Waals surface area contributed by atoms with E-state index in [1.165, 1.54) is 0 Å². The number of hydrogen-bond donors (Lipinski definition) is 2. The molecule has 6 nitrogen and oxygen atoms in total. The van der Waals surface area contributed by atoms with Crippen molar-refractivity contribution in [2.75, 3.05) is 10.6 Å². The third kappa shape index (κ3) is 5.36. The molecule has 3 aromatic carbocycles. The SMILES string of the molecule is Cc1cccc(NC(=O)c2ccccc2NC(=O)c2cccc(Cn3nc(C)cc3C)c2)c1. The highest BCUT2D eigenvalue weighted by atomic mass is 16.2.